The van der Waals surface area contributed by atoms with E-state index in [1.165, 1.54) is 11.3 Å². The zero-order valence-electron chi connectivity index (χ0n) is 10.2. The number of hydrogen-bond donors (Lipinski definition) is 0. The van der Waals surface area contributed by atoms with E-state index in [0.717, 1.165) is 29.6 Å². The molecule has 1 aromatic carbocycles. The summed E-state index contributed by atoms with van der Waals surface area (Å²) in [4.78, 5) is 11.8. The molecule has 0 saturated carbocycles. The quantitative estimate of drug-likeness (QED) is 0.793. The molecule has 0 unspecified atom stereocenters. The zero-order chi connectivity index (χ0) is 12.0. The first-order chi connectivity index (χ1) is 7.83. The van der Waals surface area contributed by atoms with Gasteiger partial charge in [0.1, 0.15) is 0 Å². The van der Waals surface area contributed by atoms with Gasteiger partial charge in [-0.2, -0.15) is 0 Å². The van der Waals surface area contributed by atoms with Crippen LogP contribution in [0.3, 0.4) is 0 Å². The number of unbranched alkanes of at least 4 members (excludes halogenated alkanes) is 1. The minimum atomic E-state index is 0.166. The van der Waals surface area contributed by atoms with Crippen LogP contribution in [0.2, 0.25) is 0 Å². The van der Waals surface area contributed by atoms with Gasteiger partial charge in [0.2, 0.25) is 0 Å². The number of fused-ring (bicyclic) bond motifs is 1. The minimum absolute atomic E-state index is 0.166. The highest BCUT2D eigenvalue weighted by Crippen LogP contribution is 2.16. The number of hydrogen-bond acceptors (Lipinski definition) is 2. The fraction of sp³-hybridized carbons (Fsp3) is 0.462. The van der Waals surface area contributed by atoms with E-state index in [9.17, 15) is 4.79 Å². The first kappa shape index (κ1) is 13.0. The summed E-state index contributed by atoms with van der Waals surface area (Å²) in [6.07, 6.45) is 2.19. The smallest absolute Gasteiger partial charge is 0.299 e. The summed E-state index contributed by atoms with van der Waals surface area (Å²) in [5.74, 6) is 0. The van der Waals surface area contributed by atoms with Crippen molar-refractivity contribution < 1.29 is 0 Å². The first-order valence-corrected chi connectivity index (χ1v) is 6.73. The predicted octanol–water partition coefficient (Wildman–Crippen LogP) is 3.89. The SMILES string of the molecule is CC.CCCCn1c(=O)sc2ccccc21. The van der Waals surface area contributed by atoms with Crippen LogP contribution in [0.1, 0.15) is 33.6 Å². The number of benzene rings is 1. The Kier molecular flexibility index (Phi) is 5.26. The number of aryl methyl sites for hydroxylation is 1. The average molecular weight is 237 g/mol. The maximum Gasteiger partial charge on any atom is 0.308 e. The Balaban J connectivity index is 0.000000606. The Morgan fingerprint density at radius 3 is 2.62 bits per heavy atom. The molecule has 16 heavy (non-hydrogen) atoms. The van der Waals surface area contributed by atoms with Crippen molar-refractivity contribution in [2.45, 2.75) is 40.2 Å². The van der Waals surface area contributed by atoms with Crippen molar-refractivity contribution in [3.8, 4) is 0 Å². The highest BCUT2D eigenvalue weighted by Gasteiger charge is 2.04. The summed E-state index contributed by atoms with van der Waals surface area (Å²) >= 11 is 1.34. The van der Waals surface area contributed by atoms with Gasteiger partial charge in [-0.1, -0.05) is 50.7 Å². The van der Waals surface area contributed by atoms with Crippen molar-refractivity contribution in [1.82, 2.24) is 4.57 Å². The molecule has 0 amide bonds. The molecule has 2 aromatic rings. The van der Waals surface area contributed by atoms with Crippen molar-refractivity contribution >= 4 is 21.6 Å². The normalized spacial score (nSPS) is 9.94. The summed E-state index contributed by atoms with van der Waals surface area (Å²) in [5.41, 5.74) is 1.08. The number of aromatic nitrogens is 1. The first-order valence-electron chi connectivity index (χ1n) is 5.91. The molecule has 0 atom stereocenters. The van der Waals surface area contributed by atoms with Gasteiger partial charge in [0.15, 0.2) is 0 Å². The standard InChI is InChI=1S/C11H13NOS.C2H6/c1-2-3-8-12-9-6-4-5-7-10(9)14-11(12)13;1-2/h4-7H,2-3,8H2,1H3;1-2H3. The monoisotopic (exact) mass is 237 g/mol. The third kappa shape index (κ3) is 2.73. The third-order valence-electron chi connectivity index (χ3n) is 2.31. The Labute approximate surface area is 101 Å². The lowest BCUT2D eigenvalue weighted by Gasteiger charge is -2.00. The number of rotatable bonds is 3. The van der Waals surface area contributed by atoms with Crippen LogP contribution >= 0.6 is 11.3 Å². The molecule has 0 N–H and O–H groups in total. The van der Waals surface area contributed by atoms with Crippen LogP contribution in [0.15, 0.2) is 29.1 Å². The van der Waals surface area contributed by atoms with Gasteiger partial charge in [0.25, 0.3) is 0 Å². The van der Waals surface area contributed by atoms with Gasteiger partial charge in [-0.25, -0.2) is 0 Å². The highest BCUT2D eigenvalue weighted by atomic mass is 32.1. The molecule has 88 valence electrons. The molecular formula is C13H19NOS. The van der Waals surface area contributed by atoms with Gasteiger partial charge in [-0.05, 0) is 18.6 Å². The van der Waals surface area contributed by atoms with Gasteiger partial charge >= 0.3 is 4.87 Å². The van der Waals surface area contributed by atoms with E-state index < -0.39 is 0 Å². The van der Waals surface area contributed by atoms with E-state index in [1.807, 2.05) is 42.7 Å². The van der Waals surface area contributed by atoms with Crippen LogP contribution in [0.25, 0.3) is 10.2 Å². The fourth-order valence-corrected chi connectivity index (χ4v) is 2.46. The largest absolute Gasteiger partial charge is 0.308 e. The fourth-order valence-electron chi connectivity index (χ4n) is 1.54. The number of thiazole rings is 1. The Morgan fingerprint density at radius 2 is 1.94 bits per heavy atom. The summed E-state index contributed by atoms with van der Waals surface area (Å²) in [6.45, 7) is 6.99. The van der Waals surface area contributed by atoms with E-state index in [-0.39, 0.29) is 4.87 Å². The molecule has 0 aliphatic rings. The van der Waals surface area contributed by atoms with Crippen molar-refractivity contribution in [3.05, 3.63) is 33.9 Å². The van der Waals surface area contributed by atoms with E-state index in [1.54, 1.807) is 0 Å². The van der Waals surface area contributed by atoms with Crippen LogP contribution in [0.4, 0.5) is 0 Å². The Bertz CT molecular complexity index is 484. The molecule has 2 nitrogen and oxygen atoms in total. The van der Waals surface area contributed by atoms with E-state index in [0.29, 0.717) is 0 Å². The van der Waals surface area contributed by atoms with Crippen molar-refractivity contribution in [1.29, 1.82) is 0 Å². The predicted molar refractivity (Wildman–Crippen MR) is 72.3 cm³/mol. The van der Waals surface area contributed by atoms with E-state index in [4.69, 9.17) is 0 Å². The van der Waals surface area contributed by atoms with Crippen LogP contribution in [0.5, 0.6) is 0 Å². The van der Waals surface area contributed by atoms with Crippen molar-refractivity contribution in [3.63, 3.8) is 0 Å². The number of para-hydroxylation sites is 1. The maximum atomic E-state index is 11.6. The van der Waals surface area contributed by atoms with E-state index in [2.05, 4.69) is 6.92 Å². The Morgan fingerprint density at radius 1 is 1.25 bits per heavy atom. The summed E-state index contributed by atoms with van der Waals surface area (Å²) in [6, 6.07) is 7.98. The highest BCUT2D eigenvalue weighted by molar-refractivity contribution is 7.16. The molecule has 0 fully saturated rings. The van der Waals surface area contributed by atoms with Crippen molar-refractivity contribution in [2.75, 3.05) is 0 Å². The molecular weight excluding hydrogens is 218 g/mol. The second kappa shape index (κ2) is 6.48. The lowest BCUT2D eigenvalue weighted by molar-refractivity contribution is 0.640. The van der Waals surface area contributed by atoms with Crippen LogP contribution < -0.4 is 4.87 Å². The van der Waals surface area contributed by atoms with E-state index >= 15 is 0 Å². The minimum Gasteiger partial charge on any atom is -0.299 e. The third-order valence-corrected chi connectivity index (χ3v) is 3.27. The maximum absolute atomic E-state index is 11.6. The lowest BCUT2D eigenvalue weighted by atomic mass is 10.3. The van der Waals surface area contributed by atoms with Crippen LogP contribution in [0, 0.1) is 0 Å². The van der Waals surface area contributed by atoms with Crippen LogP contribution in [-0.4, -0.2) is 4.57 Å². The summed E-state index contributed by atoms with van der Waals surface area (Å²) in [5, 5.41) is 0. The van der Waals surface area contributed by atoms with Gasteiger partial charge < -0.3 is 0 Å². The molecule has 0 spiro atoms. The molecule has 0 radical (unpaired) electrons. The number of nitrogens with zero attached hydrogens (tertiary/aromatic N) is 1. The average Bonchev–Trinajstić information content (AvgIpc) is 2.65. The molecule has 0 aliphatic heterocycles. The molecule has 0 bridgehead atoms. The van der Waals surface area contributed by atoms with Gasteiger partial charge in [-0.3, -0.25) is 9.36 Å². The molecule has 2 rings (SSSR count). The van der Waals surface area contributed by atoms with Gasteiger partial charge in [-0.15, -0.1) is 0 Å². The van der Waals surface area contributed by atoms with Gasteiger partial charge in [0, 0.05) is 6.54 Å². The topological polar surface area (TPSA) is 22.0 Å². The van der Waals surface area contributed by atoms with Crippen molar-refractivity contribution in [2.24, 2.45) is 0 Å². The van der Waals surface area contributed by atoms with Gasteiger partial charge in [0.05, 0.1) is 10.2 Å². The van der Waals surface area contributed by atoms with Crippen LogP contribution in [-0.2, 0) is 6.54 Å². The molecule has 3 heteroatoms. The molecule has 1 heterocycles. The molecule has 1 aromatic heterocycles. The summed E-state index contributed by atoms with van der Waals surface area (Å²) < 4.78 is 2.97. The summed E-state index contributed by atoms with van der Waals surface area (Å²) in [7, 11) is 0. The molecule has 0 saturated heterocycles. The second-order valence-corrected chi connectivity index (χ2v) is 4.33. The lowest BCUT2D eigenvalue weighted by Crippen LogP contribution is -2.12. The molecule has 0 aliphatic carbocycles. The zero-order valence-corrected chi connectivity index (χ0v) is 11.0. The Hall–Kier alpha value is -1.09. The second-order valence-electron chi connectivity index (χ2n) is 3.34.